The second-order valence-electron chi connectivity index (χ2n) is 5.22. The Kier molecular flexibility index (Phi) is 3.65. The van der Waals surface area contributed by atoms with Crippen LogP contribution in [0.5, 0.6) is 0 Å². The van der Waals surface area contributed by atoms with E-state index in [2.05, 4.69) is 6.92 Å². The maximum Gasteiger partial charge on any atom is 0.0729 e. The van der Waals surface area contributed by atoms with Gasteiger partial charge in [0.15, 0.2) is 0 Å². The Labute approximate surface area is 92.3 Å². The summed E-state index contributed by atoms with van der Waals surface area (Å²) in [5.74, 6) is 0.761. The third kappa shape index (κ3) is 2.92. The summed E-state index contributed by atoms with van der Waals surface area (Å²) < 4.78 is 11.4. The molecule has 2 heterocycles. The van der Waals surface area contributed by atoms with Crippen molar-refractivity contribution in [2.75, 3.05) is 19.8 Å². The summed E-state index contributed by atoms with van der Waals surface area (Å²) in [5.41, 5.74) is 6.01. The quantitative estimate of drug-likeness (QED) is 0.759. The Balaban J connectivity index is 1.90. The third-order valence-corrected chi connectivity index (χ3v) is 3.70. The van der Waals surface area contributed by atoms with Gasteiger partial charge in [0, 0.05) is 25.9 Å². The topological polar surface area (TPSA) is 44.5 Å². The molecule has 0 amide bonds. The van der Waals surface area contributed by atoms with Gasteiger partial charge >= 0.3 is 0 Å². The molecule has 0 saturated carbocycles. The van der Waals surface area contributed by atoms with Crippen LogP contribution in [-0.2, 0) is 9.47 Å². The smallest absolute Gasteiger partial charge is 0.0729 e. The zero-order valence-electron chi connectivity index (χ0n) is 9.71. The fourth-order valence-corrected chi connectivity index (χ4v) is 2.95. The highest BCUT2D eigenvalue weighted by Gasteiger charge is 2.38. The van der Waals surface area contributed by atoms with Gasteiger partial charge in [-0.3, -0.25) is 0 Å². The lowest BCUT2D eigenvalue weighted by molar-refractivity contribution is -0.147. The molecule has 3 nitrogen and oxygen atoms in total. The third-order valence-electron chi connectivity index (χ3n) is 3.70. The summed E-state index contributed by atoms with van der Waals surface area (Å²) >= 11 is 0. The largest absolute Gasteiger partial charge is 0.381 e. The molecule has 0 aromatic carbocycles. The highest BCUT2D eigenvalue weighted by atomic mass is 16.5. The zero-order valence-corrected chi connectivity index (χ0v) is 9.71. The van der Waals surface area contributed by atoms with Gasteiger partial charge < -0.3 is 15.2 Å². The van der Waals surface area contributed by atoms with E-state index in [9.17, 15) is 0 Å². The van der Waals surface area contributed by atoms with Crippen LogP contribution < -0.4 is 5.73 Å². The van der Waals surface area contributed by atoms with Crippen LogP contribution >= 0.6 is 0 Å². The van der Waals surface area contributed by atoms with Crippen molar-refractivity contribution in [3.05, 3.63) is 0 Å². The number of rotatable bonds is 2. The highest BCUT2D eigenvalue weighted by Crippen LogP contribution is 2.38. The van der Waals surface area contributed by atoms with Gasteiger partial charge in [-0.15, -0.1) is 0 Å². The Bertz CT molecular complexity index is 194. The molecule has 3 heteroatoms. The van der Waals surface area contributed by atoms with Gasteiger partial charge in [0.1, 0.15) is 0 Å². The van der Waals surface area contributed by atoms with Crippen molar-refractivity contribution in [3.8, 4) is 0 Å². The van der Waals surface area contributed by atoms with Crippen LogP contribution in [0.1, 0.15) is 39.0 Å². The highest BCUT2D eigenvalue weighted by molar-refractivity contribution is 4.89. The second-order valence-corrected chi connectivity index (χ2v) is 5.22. The van der Waals surface area contributed by atoms with E-state index in [0.717, 1.165) is 45.0 Å². The van der Waals surface area contributed by atoms with E-state index in [1.807, 2.05) is 0 Å². The van der Waals surface area contributed by atoms with E-state index in [-0.39, 0.29) is 5.60 Å². The van der Waals surface area contributed by atoms with Gasteiger partial charge in [-0.05, 0) is 44.9 Å². The van der Waals surface area contributed by atoms with E-state index < -0.39 is 0 Å². The molecule has 2 aliphatic heterocycles. The van der Waals surface area contributed by atoms with Crippen molar-refractivity contribution < 1.29 is 9.47 Å². The lowest BCUT2D eigenvalue weighted by atomic mass is 9.79. The minimum atomic E-state index is 0.135. The molecular formula is C12H23NO2. The number of hydrogen-bond acceptors (Lipinski definition) is 3. The van der Waals surface area contributed by atoms with E-state index in [4.69, 9.17) is 15.2 Å². The molecule has 2 rings (SSSR count). The van der Waals surface area contributed by atoms with Crippen LogP contribution in [0, 0.1) is 5.92 Å². The maximum absolute atomic E-state index is 6.00. The predicted molar refractivity (Wildman–Crippen MR) is 59.7 cm³/mol. The summed E-state index contributed by atoms with van der Waals surface area (Å²) in [4.78, 5) is 0. The van der Waals surface area contributed by atoms with Crippen molar-refractivity contribution in [3.63, 3.8) is 0 Å². The number of ether oxygens (including phenoxy) is 2. The molecule has 88 valence electrons. The van der Waals surface area contributed by atoms with Crippen molar-refractivity contribution in [1.82, 2.24) is 0 Å². The predicted octanol–water partition coefficient (Wildman–Crippen LogP) is 1.70. The van der Waals surface area contributed by atoms with E-state index in [0.29, 0.717) is 6.04 Å². The van der Waals surface area contributed by atoms with Gasteiger partial charge in [-0.25, -0.2) is 0 Å². The lowest BCUT2D eigenvalue weighted by Crippen LogP contribution is -2.45. The van der Waals surface area contributed by atoms with Gasteiger partial charge in [-0.2, -0.15) is 0 Å². The Hall–Kier alpha value is -0.120. The molecule has 2 N–H and O–H groups in total. The molecule has 2 aliphatic rings. The fraction of sp³-hybridized carbons (Fsp3) is 1.00. The molecule has 15 heavy (non-hydrogen) atoms. The first-order valence-electron chi connectivity index (χ1n) is 6.17. The summed E-state index contributed by atoms with van der Waals surface area (Å²) in [5, 5.41) is 0. The molecule has 0 aliphatic carbocycles. The molecule has 2 atom stereocenters. The fourth-order valence-electron chi connectivity index (χ4n) is 2.95. The summed E-state index contributed by atoms with van der Waals surface area (Å²) in [6.45, 7) is 4.75. The first-order valence-corrected chi connectivity index (χ1v) is 6.17. The van der Waals surface area contributed by atoms with Gasteiger partial charge in [-0.1, -0.05) is 0 Å². The van der Waals surface area contributed by atoms with Crippen molar-refractivity contribution >= 4 is 0 Å². The minimum Gasteiger partial charge on any atom is -0.381 e. The van der Waals surface area contributed by atoms with E-state index in [1.165, 1.54) is 12.8 Å². The summed E-state index contributed by atoms with van der Waals surface area (Å²) in [6.07, 6.45) is 5.67. The Morgan fingerprint density at radius 1 is 1.33 bits per heavy atom. The molecule has 0 radical (unpaired) electrons. The summed E-state index contributed by atoms with van der Waals surface area (Å²) in [7, 11) is 0. The van der Waals surface area contributed by atoms with Crippen molar-refractivity contribution in [1.29, 1.82) is 0 Å². The van der Waals surface area contributed by atoms with Gasteiger partial charge in [0.2, 0.25) is 0 Å². The van der Waals surface area contributed by atoms with Crippen molar-refractivity contribution in [2.45, 2.75) is 50.7 Å². The molecule has 2 unspecified atom stereocenters. The molecule has 0 aromatic heterocycles. The molecular weight excluding hydrogens is 190 g/mol. The molecule has 2 saturated heterocycles. The van der Waals surface area contributed by atoms with E-state index in [1.54, 1.807) is 0 Å². The minimum absolute atomic E-state index is 0.135. The maximum atomic E-state index is 6.00. The zero-order chi connectivity index (χ0) is 10.7. The Morgan fingerprint density at radius 2 is 2.07 bits per heavy atom. The van der Waals surface area contributed by atoms with Gasteiger partial charge in [0.05, 0.1) is 5.60 Å². The average Bonchev–Trinajstić information content (AvgIpc) is 2.17. The normalized spacial score (nSPS) is 32.8. The molecule has 0 aromatic rings. The van der Waals surface area contributed by atoms with Crippen LogP contribution in [0.25, 0.3) is 0 Å². The second kappa shape index (κ2) is 4.81. The number of hydrogen-bond donors (Lipinski definition) is 1. The standard InChI is InChI=1S/C12H23NO2/c1-10(13)8-11-2-5-15-12(9-11)3-6-14-7-4-12/h10-11H,2-9,13H2,1H3. The van der Waals surface area contributed by atoms with Crippen LogP contribution in [-0.4, -0.2) is 31.5 Å². The summed E-state index contributed by atoms with van der Waals surface area (Å²) in [6, 6.07) is 0.324. The van der Waals surface area contributed by atoms with Crippen LogP contribution in [0.2, 0.25) is 0 Å². The first kappa shape index (κ1) is 11.4. The molecule has 1 spiro atoms. The number of nitrogens with two attached hydrogens (primary N) is 1. The SMILES string of the molecule is CC(N)CC1CCOC2(CCOCC2)C1. The van der Waals surface area contributed by atoms with Crippen LogP contribution in [0.3, 0.4) is 0 Å². The van der Waals surface area contributed by atoms with E-state index >= 15 is 0 Å². The Morgan fingerprint density at radius 3 is 2.73 bits per heavy atom. The van der Waals surface area contributed by atoms with Crippen LogP contribution in [0.4, 0.5) is 0 Å². The van der Waals surface area contributed by atoms with Crippen LogP contribution in [0.15, 0.2) is 0 Å². The lowest BCUT2D eigenvalue weighted by Gasteiger charge is -2.43. The monoisotopic (exact) mass is 213 g/mol. The molecule has 0 bridgehead atoms. The van der Waals surface area contributed by atoms with Gasteiger partial charge in [0.25, 0.3) is 0 Å². The van der Waals surface area contributed by atoms with Crippen molar-refractivity contribution in [2.24, 2.45) is 11.7 Å². The molecule has 2 fully saturated rings. The first-order chi connectivity index (χ1) is 7.20. The average molecular weight is 213 g/mol.